The summed E-state index contributed by atoms with van der Waals surface area (Å²) < 4.78 is 5.57. The van der Waals surface area contributed by atoms with Crippen LogP contribution in [0.25, 0.3) is 0 Å². The number of aromatic hydroxyl groups is 1. The number of nitrogens with two attached hydrogens (primary N) is 1. The van der Waals surface area contributed by atoms with Crippen LogP contribution in [-0.2, 0) is 6.61 Å². The highest BCUT2D eigenvalue weighted by molar-refractivity contribution is 5.42. The van der Waals surface area contributed by atoms with Gasteiger partial charge >= 0.3 is 0 Å². The van der Waals surface area contributed by atoms with Crippen molar-refractivity contribution in [2.24, 2.45) is 5.73 Å². The third-order valence-corrected chi connectivity index (χ3v) is 2.75. The lowest BCUT2D eigenvalue weighted by Gasteiger charge is -2.11. The predicted molar refractivity (Wildman–Crippen MR) is 71.5 cm³/mol. The molecule has 1 unspecified atom stereocenters. The Morgan fingerprint density at radius 2 is 1.89 bits per heavy atom. The van der Waals surface area contributed by atoms with Crippen LogP contribution in [-0.4, -0.2) is 5.11 Å². The molecule has 0 amide bonds. The van der Waals surface area contributed by atoms with Gasteiger partial charge in [0.25, 0.3) is 0 Å². The van der Waals surface area contributed by atoms with E-state index in [9.17, 15) is 5.11 Å². The molecule has 3 heteroatoms. The summed E-state index contributed by atoms with van der Waals surface area (Å²) in [4.78, 5) is 0. The number of hydrogen-bond donors (Lipinski definition) is 2. The Morgan fingerprint density at radius 1 is 1.17 bits per heavy atom. The monoisotopic (exact) mass is 243 g/mol. The molecule has 0 radical (unpaired) electrons. The molecule has 2 rings (SSSR count). The Hall–Kier alpha value is -2.00. The summed E-state index contributed by atoms with van der Waals surface area (Å²) in [6.07, 6.45) is 0. The number of rotatable bonds is 4. The minimum absolute atomic E-state index is 0.0981. The number of benzene rings is 2. The third-order valence-electron chi connectivity index (χ3n) is 2.75. The second kappa shape index (κ2) is 5.56. The highest BCUT2D eigenvalue weighted by Crippen LogP contribution is 2.29. The van der Waals surface area contributed by atoms with E-state index in [1.807, 2.05) is 43.3 Å². The predicted octanol–water partition coefficient (Wildman–Crippen LogP) is 2.99. The van der Waals surface area contributed by atoms with Crippen molar-refractivity contribution in [1.29, 1.82) is 0 Å². The molecule has 2 aromatic carbocycles. The van der Waals surface area contributed by atoms with Crippen molar-refractivity contribution in [3.63, 3.8) is 0 Å². The van der Waals surface area contributed by atoms with Crippen molar-refractivity contribution in [1.82, 2.24) is 0 Å². The molecule has 0 heterocycles. The Labute approximate surface area is 107 Å². The third kappa shape index (κ3) is 3.02. The summed E-state index contributed by atoms with van der Waals surface area (Å²) in [6, 6.07) is 15.0. The quantitative estimate of drug-likeness (QED) is 0.868. The van der Waals surface area contributed by atoms with Gasteiger partial charge in [0.15, 0.2) is 11.5 Å². The van der Waals surface area contributed by atoms with Gasteiger partial charge in [-0.1, -0.05) is 36.4 Å². The molecule has 0 aliphatic carbocycles. The molecule has 0 aromatic heterocycles. The van der Waals surface area contributed by atoms with Crippen LogP contribution in [0.15, 0.2) is 48.5 Å². The summed E-state index contributed by atoms with van der Waals surface area (Å²) in [7, 11) is 0. The molecule has 0 aliphatic rings. The standard InChI is InChI=1S/C15H17NO2/c1-11(16)13-7-8-15(14(17)9-13)18-10-12-5-3-2-4-6-12/h2-9,11,17H,10,16H2,1H3. The zero-order valence-corrected chi connectivity index (χ0v) is 10.3. The molecule has 3 N–H and O–H groups in total. The lowest BCUT2D eigenvalue weighted by atomic mass is 10.1. The van der Waals surface area contributed by atoms with Crippen LogP contribution in [0.4, 0.5) is 0 Å². The maximum atomic E-state index is 9.84. The summed E-state index contributed by atoms with van der Waals surface area (Å²) in [6.45, 7) is 2.31. The molecule has 0 saturated heterocycles. The van der Waals surface area contributed by atoms with Crippen molar-refractivity contribution < 1.29 is 9.84 Å². The molecular weight excluding hydrogens is 226 g/mol. The van der Waals surface area contributed by atoms with Crippen molar-refractivity contribution in [2.75, 3.05) is 0 Å². The van der Waals surface area contributed by atoms with E-state index in [1.165, 1.54) is 0 Å². The van der Waals surface area contributed by atoms with E-state index in [1.54, 1.807) is 12.1 Å². The molecule has 0 fully saturated rings. The first-order valence-electron chi connectivity index (χ1n) is 5.92. The Kier molecular flexibility index (Phi) is 3.85. The highest BCUT2D eigenvalue weighted by Gasteiger charge is 2.06. The largest absolute Gasteiger partial charge is 0.504 e. The van der Waals surface area contributed by atoms with E-state index in [4.69, 9.17) is 10.5 Å². The van der Waals surface area contributed by atoms with Gasteiger partial charge in [0.2, 0.25) is 0 Å². The zero-order valence-electron chi connectivity index (χ0n) is 10.3. The van der Waals surface area contributed by atoms with Crippen LogP contribution in [0.2, 0.25) is 0 Å². The average Bonchev–Trinajstić information content (AvgIpc) is 2.38. The normalized spacial score (nSPS) is 12.1. The maximum absolute atomic E-state index is 9.84. The van der Waals surface area contributed by atoms with Gasteiger partial charge in [-0.15, -0.1) is 0 Å². The van der Waals surface area contributed by atoms with Gasteiger partial charge in [-0.2, -0.15) is 0 Å². The van der Waals surface area contributed by atoms with Gasteiger partial charge in [-0.3, -0.25) is 0 Å². The molecule has 0 aliphatic heterocycles. The van der Waals surface area contributed by atoms with E-state index in [-0.39, 0.29) is 11.8 Å². The second-order valence-electron chi connectivity index (χ2n) is 4.29. The van der Waals surface area contributed by atoms with E-state index in [0.717, 1.165) is 11.1 Å². The van der Waals surface area contributed by atoms with Crippen LogP contribution in [0.5, 0.6) is 11.5 Å². The summed E-state index contributed by atoms with van der Waals surface area (Å²) >= 11 is 0. The van der Waals surface area contributed by atoms with Crippen LogP contribution < -0.4 is 10.5 Å². The van der Waals surface area contributed by atoms with Crippen LogP contribution >= 0.6 is 0 Å². The highest BCUT2D eigenvalue weighted by atomic mass is 16.5. The SMILES string of the molecule is CC(N)c1ccc(OCc2ccccc2)c(O)c1. The fourth-order valence-corrected chi connectivity index (χ4v) is 1.68. The minimum Gasteiger partial charge on any atom is -0.504 e. The number of phenols is 1. The van der Waals surface area contributed by atoms with Crippen LogP contribution in [0.1, 0.15) is 24.1 Å². The maximum Gasteiger partial charge on any atom is 0.161 e. The number of hydrogen-bond acceptors (Lipinski definition) is 3. The molecule has 0 bridgehead atoms. The first kappa shape index (κ1) is 12.5. The molecule has 2 aromatic rings. The lowest BCUT2D eigenvalue weighted by molar-refractivity contribution is 0.289. The summed E-state index contributed by atoms with van der Waals surface area (Å²) in [5, 5.41) is 9.84. The average molecular weight is 243 g/mol. The fraction of sp³-hybridized carbons (Fsp3) is 0.200. The second-order valence-corrected chi connectivity index (χ2v) is 4.29. The number of ether oxygens (including phenoxy) is 1. The first-order valence-corrected chi connectivity index (χ1v) is 5.92. The van der Waals surface area contributed by atoms with E-state index in [0.29, 0.717) is 12.4 Å². The lowest BCUT2D eigenvalue weighted by Crippen LogP contribution is -2.04. The molecule has 94 valence electrons. The minimum atomic E-state index is -0.0981. The van der Waals surface area contributed by atoms with Crippen molar-refractivity contribution >= 4 is 0 Å². The van der Waals surface area contributed by atoms with Gasteiger partial charge in [0.1, 0.15) is 6.61 Å². The Morgan fingerprint density at radius 3 is 2.50 bits per heavy atom. The van der Waals surface area contributed by atoms with Crippen LogP contribution in [0.3, 0.4) is 0 Å². The van der Waals surface area contributed by atoms with Gasteiger partial charge in [-0.05, 0) is 30.2 Å². The van der Waals surface area contributed by atoms with Gasteiger partial charge in [0, 0.05) is 6.04 Å². The molecule has 3 nitrogen and oxygen atoms in total. The molecule has 0 saturated carbocycles. The van der Waals surface area contributed by atoms with Crippen molar-refractivity contribution in [3.05, 3.63) is 59.7 Å². The Balaban J connectivity index is 2.06. The molecular formula is C15H17NO2. The van der Waals surface area contributed by atoms with E-state index in [2.05, 4.69) is 0 Å². The van der Waals surface area contributed by atoms with Gasteiger partial charge < -0.3 is 15.6 Å². The fourth-order valence-electron chi connectivity index (χ4n) is 1.68. The van der Waals surface area contributed by atoms with Gasteiger partial charge in [-0.25, -0.2) is 0 Å². The van der Waals surface area contributed by atoms with E-state index < -0.39 is 0 Å². The smallest absolute Gasteiger partial charge is 0.161 e. The molecule has 1 atom stereocenters. The molecule has 0 spiro atoms. The zero-order chi connectivity index (χ0) is 13.0. The number of phenolic OH excluding ortho intramolecular Hbond substituents is 1. The first-order chi connectivity index (χ1) is 8.66. The summed E-state index contributed by atoms with van der Waals surface area (Å²) in [5.41, 5.74) is 7.70. The Bertz CT molecular complexity index is 509. The topological polar surface area (TPSA) is 55.5 Å². The molecule has 18 heavy (non-hydrogen) atoms. The van der Waals surface area contributed by atoms with E-state index >= 15 is 0 Å². The van der Waals surface area contributed by atoms with Crippen molar-refractivity contribution in [2.45, 2.75) is 19.6 Å². The van der Waals surface area contributed by atoms with Crippen molar-refractivity contribution in [3.8, 4) is 11.5 Å². The van der Waals surface area contributed by atoms with Crippen LogP contribution in [0, 0.1) is 0 Å². The summed E-state index contributed by atoms with van der Waals surface area (Å²) in [5.74, 6) is 0.601. The van der Waals surface area contributed by atoms with Gasteiger partial charge in [0.05, 0.1) is 0 Å².